The summed E-state index contributed by atoms with van der Waals surface area (Å²) in [5.74, 6) is -0.0655. The number of ether oxygens (including phenoxy) is 4. The van der Waals surface area contributed by atoms with Crippen molar-refractivity contribution in [2.75, 3.05) is 20.3 Å². The minimum Gasteiger partial charge on any atom is -0.497 e. The molecule has 1 N–H and O–H groups in total. The third-order valence-electron chi connectivity index (χ3n) is 8.95. The fraction of sp³-hybridized carbons (Fsp3) is 0.595. The highest BCUT2D eigenvalue weighted by Gasteiger charge is 2.52. The van der Waals surface area contributed by atoms with Gasteiger partial charge in [-0.25, -0.2) is 19.6 Å². The molecule has 6 unspecified atom stereocenters. The molecule has 2 aliphatic rings. The zero-order chi connectivity index (χ0) is 35.2. The first-order valence-corrected chi connectivity index (χ1v) is 17.0. The van der Waals surface area contributed by atoms with Crippen LogP contribution in [0.3, 0.4) is 0 Å². The van der Waals surface area contributed by atoms with Crippen molar-refractivity contribution in [3.63, 3.8) is 0 Å². The number of rotatable bonds is 15. The number of aromatic nitrogens is 2. The zero-order valence-corrected chi connectivity index (χ0v) is 29.5. The van der Waals surface area contributed by atoms with Crippen LogP contribution >= 0.6 is 0 Å². The van der Waals surface area contributed by atoms with E-state index in [9.17, 15) is 14.4 Å². The Hall–Kier alpha value is -4.15. The summed E-state index contributed by atoms with van der Waals surface area (Å²) < 4.78 is 23.3. The normalized spacial score (nSPS) is 22.6. The van der Waals surface area contributed by atoms with E-state index in [1.165, 1.54) is 4.90 Å². The number of allylic oxidation sites excluding steroid dienone is 1. The number of carbonyl (C=O) groups excluding carboxylic acids is 3. The first-order chi connectivity index (χ1) is 22.8. The maximum absolute atomic E-state index is 14.5. The second-order valence-corrected chi connectivity index (χ2v) is 14.3. The van der Waals surface area contributed by atoms with Gasteiger partial charge in [-0.05, 0) is 67.6 Å². The molecule has 11 heteroatoms. The van der Waals surface area contributed by atoms with Gasteiger partial charge < -0.3 is 29.2 Å². The quantitative estimate of drug-likeness (QED) is 0.132. The molecule has 2 amide bonds. The lowest BCUT2D eigenvalue weighted by atomic mass is 9.85. The lowest BCUT2D eigenvalue weighted by molar-refractivity contribution is -0.157. The van der Waals surface area contributed by atoms with Crippen LogP contribution in [0.1, 0.15) is 79.3 Å². The van der Waals surface area contributed by atoms with E-state index in [0.717, 1.165) is 25.7 Å². The minimum absolute atomic E-state index is 0.0739. The summed E-state index contributed by atoms with van der Waals surface area (Å²) in [6.07, 6.45) is 6.22. The average molecular weight is 665 g/mol. The molecule has 4 rings (SSSR count). The van der Waals surface area contributed by atoms with E-state index in [1.54, 1.807) is 31.4 Å². The number of amides is 2. The first kappa shape index (κ1) is 36.7. The highest BCUT2D eigenvalue weighted by Crippen LogP contribution is 2.39. The predicted molar refractivity (Wildman–Crippen MR) is 184 cm³/mol. The maximum Gasteiger partial charge on any atom is 0.408 e. The SMILES string of the molecule is C=CCCCC1CC1OC(=O)NC(C(=O)N1CC(Oc2nc3cc(OC)ccc3nc2C=C)C(CC)C1C(=O)OCC(C)C)C(C)(C)C. The van der Waals surface area contributed by atoms with Crippen LogP contribution in [0.4, 0.5) is 4.79 Å². The predicted octanol–water partition coefficient (Wildman–Crippen LogP) is 6.35. The number of esters is 1. The van der Waals surface area contributed by atoms with E-state index in [4.69, 9.17) is 23.9 Å². The number of benzene rings is 1. The Morgan fingerprint density at radius 1 is 1.12 bits per heavy atom. The molecule has 0 bridgehead atoms. The Labute approximate surface area is 284 Å². The minimum atomic E-state index is -0.976. The van der Waals surface area contributed by atoms with Crippen LogP contribution in [0, 0.1) is 23.2 Å². The van der Waals surface area contributed by atoms with Gasteiger partial charge >= 0.3 is 12.1 Å². The van der Waals surface area contributed by atoms with Crippen molar-refractivity contribution in [3.05, 3.63) is 43.1 Å². The molecule has 1 saturated heterocycles. The molecule has 0 radical (unpaired) electrons. The molecule has 48 heavy (non-hydrogen) atoms. The highest BCUT2D eigenvalue weighted by atomic mass is 16.6. The van der Waals surface area contributed by atoms with E-state index in [1.807, 2.05) is 47.6 Å². The van der Waals surface area contributed by atoms with Gasteiger partial charge in [0.2, 0.25) is 11.8 Å². The van der Waals surface area contributed by atoms with E-state index >= 15 is 0 Å². The number of unbranched alkanes of at least 4 members (excludes halogenated alkanes) is 1. The number of nitrogens with zero attached hydrogens (tertiary/aromatic N) is 3. The molecule has 2 aromatic rings. The lowest BCUT2D eigenvalue weighted by Crippen LogP contribution is -2.57. The van der Waals surface area contributed by atoms with Crippen LogP contribution < -0.4 is 14.8 Å². The van der Waals surface area contributed by atoms with E-state index < -0.39 is 47.5 Å². The van der Waals surface area contributed by atoms with Gasteiger partial charge in [0.05, 0.1) is 31.3 Å². The van der Waals surface area contributed by atoms with Gasteiger partial charge in [0.1, 0.15) is 35.7 Å². The molecule has 6 atom stereocenters. The third kappa shape index (κ3) is 8.85. The second kappa shape index (κ2) is 15.8. The molecule has 0 spiro atoms. The summed E-state index contributed by atoms with van der Waals surface area (Å²) in [6.45, 7) is 19.4. The molecular formula is C37H52N4O7. The fourth-order valence-corrected chi connectivity index (χ4v) is 6.17. The molecule has 2 heterocycles. The average Bonchev–Trinajstić information content (AvgIpc) is 3.67. The van der Waals surface area contributed by atoms with Crippen LogP contribution in [0.5, 0.6) is 11.6 Å². The number of hydrogen-bond donors (Lipinski definition) is 1. The number of alkyl carbamates (subject to hydrolysis) is 1. The number of fused-ring (bicyclic) bond motifs is 1. The largest absolute Gasteiger partial charge is 0.497 e. The number of carbonyl (C=O) groups is 3. The van der Waals surface area contributed by atoms with Gasteiger partial charge in [0.15, 0.2) is 0 Å². The number of methoxy groups -OCH3 is 1. The van der Waals surface area contributed by atoms with Crippen LogP contribution in [-0.2, 0) is 19.1 Å². The van der Waals surface area contributed by atoms with Crippen molar-refractivity contribution >= 4 is 35.1 Å². The summed E-state index contributed by atoms with van der Waals surface area (Å²) in [4.78, 5) is 52.2. The summed E-state index contributed by atoms with van der Waals surface area (Å²) in [5.41, 5.74) is 0.945. The van der Waals surface area contributed by atoms with Crippen LogP contribution in [0.15, 0.2) is 37.4 Å². The first-order valence-electron chi connectivity index (χ1n) is 17.0. The van der Waals surface area contributed by atoms with E-state index in [2.05, 4.69) is 23.5 Å². The third-order valence-corrected chi connectivity index (χ3v) is 8.95. The van der Waals surface area contributed by atoms with E-state index in [-0.39, 0.29) is 31.1 Å². The second-order valence-electron chi connectivity index (χ2n) is 14.3. The van der Waals surface area contributed by atoms with Crippen molar-refractivity contribution in [2.45, 2.75) is 97.9 Å². The molecule has 11 nitrogen and oxygen atoms in total. The zero-order valence-electron chi connectivity index (χ0n) is 29.5. The van der Waals surface area contributed by atoms with Crippen molar-refractivity contribution in [3.8, 4) is 11.6 Å². The Kier molecular flexibility index (Phi) is 12.1. The summed E-state index contributed by atoms with van der Waals surface area (Å²) in [7, 11) is 1.58. The molecule has 1 aromatic carbocycles. The Morgan fingerprint density at radius 2 is 1.88 bits per heavy atom. The number of likely N-dealkylation sites (tertiary alicyclic amines) is 1. The molecule has 1 aliphatic heterocycles. The van der Waals surface area contributed by atoms with Gasteiger partial charge in [-0.1, -0.05) is 54.2 Å². The lowest BCUT2D eigenvalue weighted by Gasteiger charge is -2.35. The van der Waals surface area contributed by atoms with E-state index in [0.29, 0.717) is 34.8 Å². The molecule has 2 fully saturated rings. The van der Waals surface area contributed by atoms with Crippen molar-refractivity contribution in [1.29, 1.82) is 0 Å². The van der Waals surface area contributed by atoms with Gasteiger partial charge in [-0.15, -0.1) is 6.58 Å². The van der Waals surface area contributed by atoms with Crippen LogP contribution in [0.25, 0.3) is 17.1 Å². The van der Waals surface area contributed by atoms with Crippen molar-refractivity contribution in [2.24, 2.45) is 23.2 Å². The molecule has 1 aliphatic carbocycles. The highest BCUT2D eigenvalue weighted by molar-refractivity contribution is 5.91. The Balaban J connectivity index is 1.61. The smallest absolute Gasteiger partial charge is 0.408 e. The standard InChI is InChI=1S/C37H52N4O7/c1-10-13-14-15-23-18-29(23)48-36(44)40-32(37(6,7)8)34(42)41-20-30(25(11-2)31(41)35(43)46-21-22(4)5)47-33-26(12-3)38-27-17-16-24(45-9)19-28(27)39-33/h10,12,16-17,19,22-23,25,29-32H,1,3,11,13-15,18,20-21H2,2,4-9H3,(H,40,44). The molecule has 1 aromatic heterocycles. The Bertz CT molecular complexity index is 1490. The number of nitrogens with one attached hydrogen (secondary N) is 1. The van der Waals surface area contributed by atoms with Gasteiger partial charge in [-0.3, -0.25) is 4.79 Å². The summed E-state index contributed by atoms with van der Waals surface area (Å²) >= 11 is 0. The monoisotopic (exact) mass is 664 g/mol. The summed E-state index contributed by atoms with van der Waals surface area (Å²) in [5, 5.41) is 2.84. The van der Waals surface area contributed by atoms with Gasteiger partial charge in [0.25, 0.3) is 0 Å². The Morgan fingerprint density at radius 3 is 2.50 bits per heavy atom. The van der Waals surface area contributed by atoms with Gasteiger partial charge in [0, 0.05) is 12.0 Å². The van der Waals surface area contributed by atoms with Crippen molar-refractivity contribution < 1.29 is 33.3 Å². The molecule has 262 valence electrons. The topological polar surface area (TPSA) is 129 Å². The van der Waals surface area contributed by atoms with Crippen molar-refractivity contribution in [1.82, 2.24) is 20.2 Å². The summed E-state index contributed by atoms with van der Waals surface area (Å²) in [6, 6.07) is 3.46. The maximum atomic E-state index is 14.5. The number of hydrogen-bond acceptors (Lipinski definition) is 9. The fourth-order valence-electron chi connectivity index (χ4n) is 6.17. The molecule has 1 saturated carbocycles. The van der Waals surface area contributed by atoms with Gasteiger partial charge in [-0.2, -0.15) is 0 Å². The van der Waals surface area contributed by atoms with Crippen LogP contribution in [-0.4, -0.2) is 77.4 Å². The van der Waals surface area contributed by atoms with Crippen LogP contribution in [0.2, 0.25) is 0 Å². The molecular weight excluding hydrogens is 612 g/mol.